The van der Waals surface area contributed by atoms with Gasteiger partial charge in [-0.2, -0.15) is 0 Å². The first-order valence-corrected chi connectivity index (χ1v) is 7.49. The van der Waals surface area contributed by atoms with Crippen molar-refractivity contribution < 1.29 is 0 Å². The molecule has 2 aromatic carbocycles. The Morgan fingerprint density at radius 1 is 0.952 bits per heavy atom. The number of nitrogens with zero attached hydrogens (tertiary/aromatic N) is 1. The molecule has 5 heteroatoms. The predicted octanol–water partition coefficient (Wildman–Crippen LogP) is 5.63. The van der Waals surface area contributed by atoms with Gasteiger partial charge in [0.1, 0.15) is 5.82 Å². The number of rotatable bonds is 3. The minimum Gasteiger partial charge on any atom is -0.342 e. The minimum atomic E-state index is 0.554. The molecule has 1 heterocycles. The monoisotopic (exact) mass is 336 g/mol. The Bertz CT molecular complexity index is 763. The molecule has 21 heavy (non-hydrogen) atoms. The molecule has 0 saturated heterocycles. The van der Waals surface area contributed by atoms with Gasteiger partial charge in [-0.25, -0.2) is 4.98 Å². The maximum absolute atomic E-state index is 6.20. The molecule has 1 aromatic heterocycles. The third-order valence-corrected chi connectivity index (χ3v) is 4.28. The Morgan fingerprint density at radius 2 is 1.71 bits per heavy atom. The number of imidazole rings is 1. The topological polar surface area (TPSA) is 28.7 Å². The average Bonchev–Trinajstić information content (AvgIpc) is 2.93. The molecule has 0 unspecified atom stereocenters. The zero-order valence-corrected chi connectivity index (χ0v) is 13.2. The molecule has 0 saturated carbocycles. The molecule has 0 bridgehead atoms. The van der Waals surface area contributed by atoms with E-state index in [1.165, 1.54) is 0 Å². The van der Waals surface area contributed by atoms with Crippen LogP contribution in [0.2, 0.25) is 15.1 Å². The highest BCUT2D eigenvalue weighted by Crippen LogP contribution is 2.27. The van der Waals surface area contributed by atoms with E-state index >= 15 is 0 Å². The molecular weight excluding hydrogens is 327 g/mol. The second kappa shape index (κ2) is 6.10. The smallest absolute Gasteiger partial charge is 0.110 e. The van der Waals surface area contributed by atoms with Crippen molar-refractivity contribution in [1.82, 2.24) is 9.97 Å². The summed E-state index contributed by atoms with van der Waals surface area (Å²) in [5.74, 6) is 0.837. The van der Waals surface area contributed by atoms with Gasteiger partial charge in [-0.15, -0.1) is 0 Å². The van der Waals surface area contributed by atoms with Crippen LogP contribution in [0.25, 0.3) is 11.3 Å². The van der Waals surface area contributed by atoms with Crippen molar-refractivity contribution in [2.75, 3.05) is 0 Å². The van der Waals surface area contributed by atoms with Crippen LogP contribution in [0.4, 0.5) is 0 Å². The first-order valence-electron chi connectivity index (χ1n) is 6.36. The molecule has 0 aliphatic rings. The molecule has 0 spiro atoms. The van der Waals surface area contributed by atoms with Crippen molar-refractivity contribution in [3.63, 3.8) is 0 Å². The van der Waals surface area contributed by atoms with Gasteiger partial charge in [0.05, 0.1) is 21.9 Å². The largest absolute Gasteiger partial charge is 0.342 e. The Balaban J connectivity index is 1.85. The lowest BCUT2D eigenvalue weighted by molar-refractivity contribution is 1.03. The predicted molar refractivity (Wildman–Crippen MR) is 88.3 cm³/mol. The van der Waals surface area contributed by atoms with Gasteiger partial charge < -0.3 is 4.98 Å². The molecule has 0 aliphatic carbocycles. The van der Waals surface area contributed by atoms with E-state index in [2.05, 4.69) is 9.97 Å². The average molecular weight is 338 g/mol. The van der Waals surface area contributed by atoms with Crippen LogP contribution in [0, 0.1) is 0 Å². The van der Waals surface area contributed by atoms with Crippen molar-refractivity contribution in [3.8, 4) is 11.3 Å². The standard InChI is InChI=1S/C16H11Cl3N2/c17-12-6-4-10(5-7-12)14-9-20-15(21-14)8-11-2-1-3-13(18)16(11)19/h1-7,9H,8H2,(H,20,21). The normalized spacial score (nSPS) is 10.8. The summed E-state index contributed by atoms with van der Waals surface area (Å²) in [6.45, 7) is 0. The fraction of sp³-hybridized carbons (Fsp3) is 0.0625. The van der Waals surface area contributed by atoms with E-state index in [0.29, 0.717) is 21.5 Å². The van der Waals surface area contributed by atoms with Crippen LogP contribution in [0.15, 0.2) is 48.7 Å². The first kappa shape index (κ1) is 14.5. The molecule has 106 valence electrons. The van der Waals surface area contributed by atoms with E-state index in [1.807, 2.05) is 36.4 Å². The molecule has 2 nitrogen and oxygen atoms in total. The van der Waals surface area contributed by atoms with Crippen LogP contribution in [0.5, 0.6) is 0 Å². The number of halogens is 3. The molecule has 0 aliphatic heterocycles. The Hall–Kier alpha value is -1.48. The van der Waals surface area contributed by atoms with Crippen LogP contribution in [0.1, 0.15) is 11.4 Å². The molecule has 0 atom stereocenters. The second-order valence-corrected chi connectivity index (χ2v) is 5.86. The van der Waals surface area contributed by atoms with Crippen molar-refractivity contribution in [1.29, 1.82) is 0 Å². The summed E-state index contributed by atoms with van der Waals surface area (Å²) in [7, 11) is 0. The number of nitrogens with one attached hydrogen (secondary N) is 1. The van der Waals surface area contributed by atoms with E-state index in [9.17, 15) is 0 Å². The van der Waals surface area contributed by atoms with Gasteiger partial charge >= 0.3 is 0 Å². The molecule has 0 amide bonds. The van der Waals surface area contributed by atoms with E-state index in [4.69, 9.17) is 34.8 Å². The third kappa shape index (κ3) is 3.24. The minimum absolute atomic E-state index is 0.554. The van der Waals surface area contributed by atoms with Crippen molar-refractivity contribution in [2.24, 2.45) is 0 Å². The lowest BCUT2D eigenvalue weighted by Gasteiger charge is -2.03. The van der Waals surface area contributed by atoms with Crippen LogP contribution in [0.3, 0.4) is 0 Å². The summed E-state index contributed by atoms with van der Waals surface area (Å²) in [5.41, 5.74) is 2.93. The van der Waals surface area contributed by atoms with E-state index < -0.39 is 0 Å². The summed E-state index contributed by atoms with van der Waals surface area (Å²) in [6.07, 6.45) is 2.41. The van der Waals surface area contributed by atoms with Crippen LogP contribution < -0.4 is 0 Å². The number of aromatic amines is 1. The summed E-state index contributed by atoms with van der Waals surface area (Å²) >= 11 is 18.1. The zero-order chi connectivity index (χ0) is 14.8. The van der Waals surface area contributed by atoms with Gasteiger partial charge in [-0.05, 0) is 29.3 Å². The summed E-state index contributed by atoms with van der Waals surface area (Å²) < 4.78 is 0. The zero-order valence-electron chi connectivity index (χ0n) is 10.9. The van der Waals surface area contributed by atoms with E-state index in [0.717, 1.165) is 22.6 Å². The van der Waals surface area contributed by atoms with Crippen molar-refractivity contribution in [3.05, 3.63) is 75.1 Å². The maximum Gasteiger partial charge on any atom is 0.110 e. The molecular formula is C16H11Cl3N2. The highest BCUT2D eigenvalue weighted by molar-refractivity contribution is 6.42. The van der Waals surface area contributed by atoms with Crippen LogP contribution in [-0.4, -0.2) is 9.97 Å². The molecule has 3 rings (SSSR count). The van der Waals surface area contributed by atoms with Crippen molar-refractivity contribution in [2.45, 2.75) is 6.42 Å². The van der Waals surface area contributed by atoms with Gasteiger partial charge in [0.15, 0.2) is 0 Å². The lowest BCUT2D eigenvalue weighted by Crippen LogP contribution is -1.92. The SMILES string of the molecule is Clc1ccc(-c2cnc(Cc3cccc(Cl)c3Cl)[nH]2)cc1. The van der Waals surface area contributed by atoms with E-state index in [-0.39, 0.29) is 0 Å². The Labute approximate surface area is 137 Å². The van der Waals surface area contributed by atoms with Gasteiger partial charge in [-0.3, -0.25) is 0 Å². The van der Waals surface area contributed by atoms with Crippen LogP contribution in [-0.2, 0) is 6.42 Å². The number of benzene rings is 2. The molecule has 1 N–H and O–H groups in total. The fourth-order valence-electron chi connectivity index (χ4n) is 2.09. The first-order chi connectivity index (χ1) is 10.1. The molecule has 3 aromatic rings. The van der Waals surface area contributed by atoms with E-state index in [1.54, 1.807) is 12.3 Å². The summed E-state index contributed by atoms with van der Waals surface area (Å²) in [4.78, 5) is 7.68. The Kier molecular flexibility index (Phi) is 4.20. The van der Waals surface area contributed by atoms with Crippen molar-refractivity contribution >= 4 is 34.8 Å². The lowest BCUT2D eigenvalue weighted by atomic mass is 10.1. The quantitative estimate of drug-likeness (QED) is 0.659. The highest BCUT2D eigenvalue weighted by atomic mass is 35.5. The maximum atomic E-state index is 6.20. The van der Waals surface area contributed by atoms with Gasteiger partial charge in [0.2, 0.25) is 0 Å². The number of hydrogen-bond donors (Lipinski definition) is 1. The molecule has 0 radical (unpaired) electrons. The van der Waals surface area contributed by atoms with Gasteiger partial charge in [0.25, 0.3) is 0 Å². The number of H-pyrrole nitrogens is 1. The summed E-state index contributed by atoms with van der Waals surface area (Å²) in [5, 5.41) is 1.84. The fourth-order valence-corrected chi connectivity index (χ4v) is 2.61. The number of hydrogen-bond acceptors (Lipinski definition) is 1. The number of aromatic nitrogens is 2. The van der Waals surface area contributed by atoms with Gasteiger partial charge in [-0.1, -0.05) is 59.1 Å². The summed E-state index contributed by atoms with van der Waals surface area (Å²) in [6, 6.07) is 13.2. The second-order valence-electron chi connectivity index (χ2n) is 4.64. The van der Waals surface area contributed by atoms with Crippen LogP contribution >= 0.6 is 34.8 Å². The Morgan fingerprint density at radius 3 is 2.48 bits per heavy atom. The van der Waals surface area contributed by atoms with Gasteiger partial charge in [0, 0.05) is 11.4 Å². The molecule has 0 fully saturated rings. The third-order valence-electron chi connectivity index (χ3n) is 3.17. The highest BCUT2D eigenvalue weighted by Gasteiger charge is 2.08.